The molecule has 3 aromatic carbocycles. The molecule has 3 aromatic rings. The molecular weight excluding hydrogens is 416 g/mol. The van der Waals surface area contributed by atoms with E-state index in [1.54, 1.807) is 30.3 Å². The second-order valence-corrected chi connectivity index (χ2v) is 7.34. The van der Waals surface area contributed by atoms with Gasteiger partial charge < -0.3 is 16.0 Å². The Bertz CT molecular complexity index is 1240. The van der Waals surface area contributed by atoms with Crippen LogP contribution in [0.3, 0.4) is 0 Å². The SMILES string of the molecule is CC(NC(=O)c1ccccc1CNC(=O)C(=O)NC/C=C/C#N)c1cccc2ccccc12. The van der Waals surface area contributed by atoms with Crippen LogP contribution in [0, 0.1) is 11.3 Å². The Morgan fingerprint density at radius 3 is 2.45 bits per heavy atom. The van der Waals surface area contributed by atoms with Crippen molar-refractivity contribution in [1.82, 2.24) is 16.0 Å². The highest BCUT2D eigenvalue weighted by Gasteiger charge is 2.18. The van der Waals surface area contributed by atoms with Gasteiger partial charge in [-0.15, -0.1) is 0 Å². The van der Waals surface area contributed by atoms with Crippen molar-refractivity contribution in [3.05, 3.63) is 95.6 Å². The number of benzene rings is 3. The van der Waals surface area contributed by atoms with E-state index in [1.807, 2.05) is 49.4 Å². The van der Waals surface area contributed by atoms with Gasteiger partial charge in [0.25, 0.3) is 5.91 Å². The number of rotatable bonds is 7. The fraction of sp³-hybridized carbons (Fsp3) is 0.154. The molecule has 33 heavy (non-hydrogen) atoms. The van der Waals surface area contributed by atoms with Crippen molar-refractivity contribution in [3.8, 4) is 6.07 Å². The Morgan fingerprint density at radius 2 is 1.64 bits per heavy atom. The highest BCUT2D eigenvalue weighted by atomic mass is 16.2. The molecule has 0 saturated carbocycles. The first-order valence-corrected chi connectivity index (χ1v) is 10.5. The van der Waals surface area contributed by atoms with Gasteiger partial charge in [0, 0.05) is 24.7 Å². The van der Waals surface area contributed by atoms with Gasteiger partial charge in [0.05, 0.1) is 12.1 Å². The first-order chi connectivity index (χ1) is 16.0. The summed E-state index contributed by atoms with van der Waals surface area (Å²) < 4.78 is 0. The maximum atomic E-state index is 13.0. The Balaban J connectivity index is 1.66. The predicted molar refractivity (Wildman–Crippen MR) is 126 cm³/mol. The van der Waals surface area contributed by atoms with Gasteiger partial charge >= 0.3 is 11.8 Å². The van der Waals surface area contributed by atoms with Crippen LogP contribution in [0.1, 0.15) is 34.5 Å². The van der Waals surface area contributed by atoms with E-state index in [0.717, 1.165) is 16.3 Å². The molecule has 3 N–H and O–H groups in total. The molecule has 0 bridgehead atoms. The molecule has 0 saturated heterocycles. The minimum Gasteiger partial charge on any atom is -0.345 e. The lowest BCUT2D eigenvalue weighted by Crippen LogP contribution is -2.40. The van der Waals surface area contributed by atoms with Gasteiger partial charge in [-0.3, -0.25) is 14.4 Å². The number of nitrogens with zero attached hydrogens (tertiary/aromatic N) is 1. The lowest BCUT2D eigenvalue weighted by Gasteiger charge is -2.18. The van der Waals surface area contributed by atoms with Crippen molar-refractivity contribution < 1.29 is 14.4 Å². The van der Waals surface area contributed by atoms with Crippen LogP contribution < -0.4 is 16.0 Å². The highest BCUT2D eigenvalue weighted by Crippen LogP contribution is 2.24. The van der Waals surface area contributed by atoms with E-state index >= 15 is 0 Å². The average Bonchev–Trinajstić information content (AvgIpc) is 2.84. The molecule has 3 amide bonds. The van der Waals surface area contributed by atoms with E-state index in [9.17, 15) is 14.4 Å². The van der Waals surface area contributed by atoms with E-state index in [1.165, 1.54) is 12.2 Å². The molecular formula is C26H24N4O3. The summed E-state index contributed by atoms with van der Waals surface area (Å²) in [6.07, 6.45) is 2.65. The number of hydrogen-bond acceptors (Lipinski definition) is 4. The Kier molecular flexibility index (Phi) is 7.92. The molecule has 0 aliphatic rings. The first-order valence-electron chi connectivity index (χ1n) is 10.5. The molecule has 3 rings (SSSR count). The van der Waals surface area contributed by atoms with Crippen LogP contribution in [0.25, 0.3) is 10.8 Å². The number of amides is 3. The average molecular weight is 441 g/mol. The van der Waals surface area contributed by atoms with Gasteiger partial charge in [-0.1, -0.05) is 66.7 Å². The van der Waals surface area contributed by atoms with Gasteiger partial charge in [-0.05, 0) is 34.9 Å². The van der Waals surface area contributed by atoms with Crippen LogP contribution in [0.15, 0.2) is 78.9 Å². The molecule has 0 fully saturated rings. The maximum absolute atomic E-state index is 13.0. The summed E-state index contributed by atoms with van der Waals surface area (Å²) in [5.41, 5.74) is 2.02. The number of hydrogen-bond donors (Lipinski definition) is 3. The zero-order valence-corrected chi connectivity index (χ0v) is 18.2. The standard InChI is InChI=1S/C26H24N4O3/c1-18(21-14-8-11-19-9-2-4-12-22(19)21)30-24(31)23-13-5-3-10-20(23)17-29-26(33)25(32)28-16-7-6-15-27/h2-14,18H,16-17H2,1H3,(H,28,32)(H,29,33)(H,30,31)/b7-6+. The zero-order chi connectivity index (χ0) is 23.6. The van der Waals surface area contributed by atoms with Crippen LogP contribution in [0.5, 0.6) is 0 Å². The van der Waals surface area contributed by atoms with Gasteiger partial charge in [-0.2, -0.15) is 5.26 Å². The fourth-order valence-electron chi connectivity index (χ4n) is 3.48. The molecule has 0 aliphatic heterocycles. The van der Waals surface area contributed by atoms with E-state index in [0.29, 0.717) is 11.1 Å². The normalized spacial score (nSPS) is 11.5. The summed E-state index contributed by atoms with van der Waals surface area (Å²) in [6, 6.07) is 22.5. The Morgan fingerprint density at radius 1 is 0.939 bits per heavy atom. The number of fused-ring (bicyclic) bond motifs is 1. The molecule has 0 heterocycles. The van der Waals surface area contributed by atoms with Crippen LogP contribution in [0.4, 0.5) is 0 Å². The molecule has 0 aliphatic carbocycles. The molecule has 1 unspecified atom stereocenters. The number of nitrogens with one attached hydrogen (secondary N) is 3. The van der Waals surface area contributed by atoms with E-state index in [4.69, 9.17) is 5.26 Å². The second-order valence-electron chi connectivity index (χ2n) is 7.34. The summed E-state index contributed by atoms with van der Waals surface area (Å²) in [5.74, 6) is -1.91. The van der Waals surface area contributed by atoms with Gasteiger partial charge in [0.2, 0.25) is 0 Å². The maximum Gasteiger partial charge on any atom is 0.309 e. The fourth-order valence-corrected chi connectivity index (χ4v) is 3.48. The van der Waals surface area contributed by atoms with Crippen molar-refractivity contribution in [2.24, 2.45) is 0 Å². The summed E-state index contributed by atoms with van der Waals surface area (Å²) in [6.45, 7) is 2.02. The lowest BCUT2D eigenvalue weighted by atomic mass is 9.99. The van der Waals surface area contributed by atoms with E-state index < -0.39 is 11.8 Å². The van der Waals surface area contributed by atoms with E-state index in [2.05, 4.69) is 16.0 Å². The number of allylic oxidation sites excluding steroid dienone is 1. The summed E-state index contributed by atoms with van der Waals surface area (Å²) in [7, 11) is 0. The topological polar surface area (TPSA) is 111 Å². The summed E-state index contributed by atoms with van der Waals surface area (Å²) in [5, 5.41) is 18.5. The molecule has 1 atom stereocenters. The molecule has 0 aromatic heterocycles. The Hall–Kier alpha value is -4.44. The summed E-state index contributed by atoms with van der Waals surface area (Å²) >= 11 is 0. The summed E-state index contributed by atoms with van der Waals surface area (Å²) in [4.78, 5) is 36.9. The minimum absolute atomic E-state index is 0.0204. The second kappa shape index (κ2) is 11.3. The van der Waals surface area contributed by atoms with Crippen molar-refractivity contribution >= 4 is 28.5 Å². The van der Waals surface area contributed by atoms with Crippen LogP contribution in [-0.2, 0) is 16.1 Å². The number of carbonyl (C=O) groups excluding carboxylic acids is 3. The highest BCUT2D eigenvalue weighted by molar-refractivity contribution is 6.35. The lowest BCUT2D eigenvalue weighted by molar-refractivity contribution is -0.139. The molecule has 0 spiro atoms. The van der Waals surface area contributed by atoms with Crippen molar-refractivity contribution in [3.63, 3.8) is 0 Å². The van der Waals surface area contributed by atoms with Gasteiger partial charge in [-0.25, -0.2) is 0 Å². The van der Waals surface area contributed by atoms with Gasteiger partial charge in [0.1, 0.15) is 0 Å². The van der Waals surface area contributed by atoms with Gasteiger partial charge in [0.15, 0.2) is 0 Å². The van der Waals surface area contributed by atoms with Crippen LogP contribution in [-0.4, -0.2) is 24.3 Å². The smallest absolute Gasteiger partial charge is 0.309 e. The minimum atomic E-state index is -0.820. The van der Waals surface area contributed by atoms with Crippen LogP contribution in [0.2, 0.25) is 0 Å². The van der Waals surface area contributed by atoms with Crippen LogP contribution >= 0.6 is 0 Å². The molecule has 7 heteroatoms. The molecule has 7 nitrogen and oxygen atoms in total. The monoisotopic (exact) mass is 440 g/mol. The molecule has 166 valence electrons. The Labute approximate surface area is 192 Å². The van der Waals surface area contributed by atoms with Crippen molar-refractivity contribution in [2.45, 2.75) is 19.5 Å². The predicted octanol–water partition coefficient (Wildman–Crippen LogP) is 3.14. The van der Waals surface area contributed by atoms with Crippen molar-refractivity contribution in [2.75, 3.05) is 6.54 Å². The van der Waals surface area contributed by atoms with E-state index in [-0.39, 0.29) is 25.0 Å². The number of carbonyl (C=O) groups is 3. The first kappa shape index (κ1) is 23.2. The largest absolute Gasteiger partial charge is 0.345 e. The zero-order valence-electron chi connectivity index (χ0n) is 18.2. The number of nitriles is 1. The third kappa shape index (κ3) is 6.05. The quantitative estimate of drug-likeness (QED) is 0.387. The van der Waals surface area contributed by atoms with Crippen molar-refractivity contribution in [1.29, 1.82) is 5.26 Å². The third-order valence-corrected chi connectivity index (χ3v) is 5.12. The third-order valence-electron chi connectivity index (χ3n) is 5.12. The molecule has 0 radical (unpaired) electrons.